The maximum Gasteiger partial charge on any atom is 0.349 e. The summed E-state index contributed by atoms with van der Waals surface area (Å²) in [5.41, 5.74) is 5.88. The maximum atomic E-state index is 13.1. The van der Waals surface area contributed by atoms with Gasteiger partial charge in [0.1, 0.15) is 0 Å². The highest BCUT2D eigenvalue weighted by Crippen LogP contribution is 2.26. The van der Waals surface area contributed by atoms with E-state index < -0.39 is 11.6 Å². The molecular formula is C21H34N2O4S. The van der Waals surface area contributed by atoms with E-state index in [9.17, 15) is 9.59 Å². The van der Waals surface area contributed by atoms with Gasteiger partial charge in [0.15, 0.2) is 0 Å². The zero-order valence-electron chi connectivity index (χ0n) is 17.5. The van der Waals surface area contributed by atoms with Gasteiger partial charge in [-0.25, -0.2) is 4.79 Å². The number of hydrogen-bond donors (Lipinski definition) is 1. The Morgan fingerprint density at radius 1 is 1.25 bits per heavy atom. The molecule has 1 rings (SSSR count). The van der Waals surface area contributed by atoms with Gasteiger partial charge in [-0.1, -0.05) is 57.0 Å². The fraction of sp³-hybridized carbons (Fsp3) is 0.619. The Hall–Kier alpha value is -1.57. The van der Waals surface area contributed by atoms with Crippen molar-refractivity contribution in [3.63, 3.8) is 0 Å². The van der Waals surface area contributed by atoms with Crippen molar-refractivity contribution in [2.24, 2.45) is 11.7 Å². The third kappa shape index (κ3) is 6.79. The monoisotopic (exact) mass is 410 g/mol. The van der Waals surface area contributed by atoms with E-state index in [4.69, 9.17) is 15.3 Å². The molecule has 6 nitrogen and oxygen atoms in total. The van der Waals surface area contributed by atoms with Crippen LogP contribution in [0.15, 0.2) is 30.3 Å². The molecule has 0 fully saturated rings. The van der Waals surface area contributed by atoms with Gasteiger partial charge in [-0.05, 0) is 30.4 Å². The Bertz CT molecular complexity index is 599. The van der Waals surface area contributed by atoms with E-state index in [-0.39, 0.29) is 18.2 Å². The number of thioether (sulfide) groups is 1. The fourth-order valence-corrected chi connectivity index (χ4v) is 3.67. The number of rotatable bonds is 13. The first kappa shape index (κ1) is 24.5. The van der Waals surface area contributed by atoms with Crippen LogP contribution in [-0.2, 0) is 25.6 Å². The average molecular weight is 411 g/mol. The molecule has 0 saturated carbocycles. The summed E-state index contributed by atoms with van der Waals surface area (Å²) < 4.78 is 4.96. The SMILES string of the molecule is CCCCCON(C(=O)CCc1ccccc1)[C@](N)(C(=O)OC)[C@H](C)CSC. The van der Waals surface area contributed by atoms with Crippen molar-refractivity contribution in [3.8, 4) is 0 Å². The van der Waals surface area contributed by atoms with Crippen LogP contribution in [0.3, 0.4) is 0 Å². The number of esters is 1. The van der Waals surface area contributed by atoms with Crippen LogP contribution < -0.4 is 5.73 Å². The van der Waals surface area contributed by atoms with Gasteiger partial charge < -0.3 is 4.74 Å². The van der Waals surface area contributed by atoms with Crippen LogP contribution in [0.2, 0.25) is 0 Å². The number of ether oxygens (including phenoxy) is 1. The number of hydroxylamine groups is 2. The second-order valence-electron chi connectivity index (χ2n) is 6.89. The van der Waals surface area contributed by atoms with Crippen molar-refractivity contribution in [2.45, 2.75) is 51.6 Å². The lowest BCUT2D eigenvalue weighted by Crippen LogP contribution is -2.67. The summed E-state index contributed by atoms with van der Waals surface area (Å²) in [5, 5.41) is 1.08. The number of carbonyl (C=O) groups excluding carboxylic acids is 2. The number of carbonyl (C=O) groups is 2. The average Bonchev–Trinajstić information content (AvgIpc) is 2.71. The number of nitrogens with two attached hydrogens (primary N) is 1. The van der Waals surface area contributed by atoms with E-state index in [1.807, 2.05) is 43.5 Å². The third-order valence-corrected chi connectivity index (χ3v) is 5.51. The molecule has 0 bridgehead atoms. The summed E-state index contributed by atoms with van der Waals surface area (Å²) in [6, 6.07) is 9.72. The minimum Gasteiger partial charge on any atom is -0.466 e. The van der Waals surface area contributed by atoms with Crippen LogP contribution >= 0.6 is 11.8 Å². The number of hydrogen-bond acceptors (Lipinski definition) is 6. The molecule has 0 saturated heterocycles. The van der Waals surface area contributed by atoms with E-state index >= 15 is 0 Å². The highest BCUT2D eigenvalue weighted by atomic mass is 32.2. The van der Waals surface area contributed by atoms with Gasteiger partial charge in [-0.15, -0.1) is 0 Å². The van der Waals surface area contributed by atoms with Crippen LogP contribution in [0, 0.1) is 5.92 Å². The van der Waals surface area contributed by atoms with Gasteiger partial charge >= 0.3 is 5.97 Å². The first-order valence-corrected chi connectivity index (χ1v) is 11.2. The molecule has 0 aliphatic rings. The summed E-state index contributed by atoms with van der Waals surface area (Å²) >= 11 is 1.55. The van der Waals surface area contributed by atoms with Crippen LogP contribution in [0.5, 0.6) is 0 Å². The van der Waals surface area contributed by atoms with Crippen LogP contribution in [-0.4, -0.2) is 48.3 Å². The molecule has 2 atom stereocenters. The predicted molar refractivity (Wildman–Crippen MR) is 114 cm³/mol. The second-order valence-corrected chi connectivity index (χ2v) is 7.80. The van der Waals surface area contributed by atoms with E-state index in [1.54, 1.807) is 11.8 Å². The summed E-state index contributed by atoms with van der Waals surface area (Å²) in [5.74, 6) is -0.743. The number of unbranched alkanes of at least 4 members (excludes halogenated alkanes) is 2. The van der Waals surface area contributed by atoms with Crippen LogP contribution in [0.25, 0.3) is 0 Å². The minimum atomic E-state index is -1.67. The zero-order chi connectivity index (χ0) is 21.0. The molecule has 0 aliphatic heterocycles. The van der Waals surface area contributed by atoms with E-state index in [0.717, 1.165) is 29.9 Å². The van der Waals surface area contributed by atoms with E-state index in [0.29, 0.717) is 18.8 Å². The summed E-state index contributed by atoms with van der Waals surface area (Å²) in [4.78, 5) is 31.5. The quantitative estimate of drug-likeness (QED) is 0.232. The molecule has 28 heavy (non-hydrogen) atoms. The minimum absolute atomic E-state index is 0.194. The van der Waals surface area contributed by atoms with Crippen molar-refractivity contribution < 1.29 is 19.2 Å². The van der Waals surface area contributed by atoms with Gasteiger partial charge in [0, 0.05) is 12.3 Å². The van der Waals surface area contributed by atoms with Crippen molar-refractivity contribution in [1.82, 2.24) is 5.06 Å². The molecule has 0 heterocycles. The van der Waals surface area contributed by atoms with Crippen molar-refractivity contribution in [2.75, 3.05) is 25.7 Å². The second kappa shape index (κ2) is 12.8. The zero-order valence-corrected chi connectivity index (χ0v) is 18.3. The molecule has 0 radical (unpaired) electrons. The van der Waals surface area contributed by atoms with E-state index in [1.165, 1.54) is 7.11 Å². The fourth-order valence-electron chi connectivity index (χ4n) is 2.92. The molecule has 0 aromatic heterocycles. The number of nitrogens with zero attached hydrogens (tertiary/aromatic N) is 1. The smallest absolute Gasteiger partial charge is 0.349 e. The van der Waals surface area contributed by atoms with E-state index in [2.05, 4.69) is 6.92 Å². The van der Waals surface area contributed by atoms with Crippen LogP contribution in [0.4, 0.5) is 0 Å². The normalized spacial score (nSPS) is 14.2. The molecule has 0 unspecified atom stereocenters. The van der Waals surface area contributed by atoms with Crippen LogP contribution in [0.1, 0.15) is 45.1 Å². The van der Waals surface area contributed by atoms with Gasteiger partial charge in [0.25, 0.3) is 0 Å². The Labute approximate surface area is 173 Å². The maximum absolute atomic E-state index is 13.1. The molecule has 0 aliphatic carbocycles. The summed E-state index contributed by atoms with van der Waals surface area (Å²) in [6.45, 7) is 4.25. The number of methoxy groups -OCH3 is 1. The topological polar surface area (TPSA) is 81.9 Å². The molecule has 158 valence electrons. The number of aryl methyl sites for hydroxylation is 1. The van der Waals surface area contributed by atoms with Crippen molar-refractivity contribution in [1.29, 1.82) is 0 Å². The Kier molecular flexibility index (Phi) is 11.2. The van der Waals surface area contributed by atoms with Gasteiger partial charge in [0.05, 0.1) is 13.7 Å². The van der Waals surface area contributed by atoms with Crippen molar-refractivity contribution in [3.05, 3.63) is 35.9 Å². The lowest BCUT2D eigenvalue weighted by Gasteiger charge is -2.41. The van der Waals surface area contributed by atoms with Gasteiger partial charge in [-0.3, -0.25) is 15.4 Å². The van der Waals surface area contributed by atoms with Crippen molar-refractivity contribution >= 4 is 23.6 Å². The largest absolute Gasteiger partial charge is 0.466 e. The lowest BCUT2D eigenvalue weighted by molar-refractivity contribution is -0.236. The standard InChI is InChI=1S/C21H34N2O4S/c1-5-6-10-15-27-23(19(24)14-13-18-11-8-7-9-12-18)21(22,20(25)26-3)17(2)16-28-4/h7-9,11-12,17H,5-6,10,13-16,22H2,1-4H3/t17-,21+/m1/s1. The Morgan fingerprint density at radius 2 is 1.93 bits per heavy atom. The molecule has 2 N–H and O–H groups in total. The highest BCUT2D eigenvalue weighted by molar-refractivity contribution is 7.98. The summed E-state index contributed by atoms with van der Waals surface area (Å²) in [7, 11) is 1.28. The Balaban J connectivity index is 3.04. The first-order valence-electron chi connectivity index (χ1n) is 9.77. The lowest BCUT2D eigenvalue weighted by atomic mass is 9.95. The third-order valence-electron chi connectivity index (χ3n) is 4.68. The molecule has 0 spiro atoms. The van der Waals surface area contributed by atoms with Gasteiger partial charge in [-0.2, -0.15) is 16.8 Å². The Morgan fingerprint density at radius 3 is 2.50 bits per heavy atom. The van der Waals surface area contributed by atoms with Gasteiger partial charge in [0.2, 0.25) is 11.6 Å². The summed E-state index contributed by atoms with van der Waals surface area (Å²) in [6.07, 6.45) is 5.45. The number of benzene rings is 1. The number of amides is 1. The molecule has 7 heteroatoms. The predicted octanol–water partition coefficient (Wildman–Crippen LogP) is 3.40. The highest BCUT2D eigenvalue weighted by Gasteiger charge is 2.49. The first-order chi connectivity index (χ1) is 13.4. The molecule has 1 aromatic carbocycles. The molecule has 1 amide bonds. The molecule has 1 aromatic rings. The molecular weight excluding hydrogens is 376 g/mol.